The maximum absolute atomic E-state index is 2.69. The third-order valence-corrected chi connectivity index (χ3v) is 9.33. The van der Waals surface area contributed by atoms with Crippen molar-refractivity contribution >= 4 is 0 Å². The summed E-state index contributed by atoms with van der Waals surface area (Å²) < 4.78 is 0. The molecule has 22 heavy (non-hydrogen) atoms. The summed E-state index contributed by atoms with van der Waals surface area (Å²) in [4.78, 5) is 0. The van der Waals surface area contributed by atoms with Crippen LogP contribution in [0.15, 0.2) is 0 Å². The smallest absolute Gasteiger partial charge is 0.0266 e. The van der Waals surface area contributed by atoms with Gasteiger partial charge >= 0.3 is 0 Å². The van der Waals surface area contributed by atoms with Crippen molar-refractivity contribution < 1.29 is 0 Å². The van der Waals surface area contributed by atoms with Gasteiger partial charge in [-0.05, 0) is 98.2 Å². The van der Waals surface area contributed by atoms with Crippen LogP contribution in [0.5, 0.6) is 0 Å². The third-order valence-electron chi connectivity index (χ3n) is 9.33. The van der Waals surface area contributed by atoms with Crippen LogP contribution in [0.25, 0.3) is 0 Å². The van der Waals surface area contributed by atoms with Gasteiger partial charge in [0, 0.05) is 0 Å². The highest BCUT2D eigenvalue weighted by Gasteiger charge is 2.56. The molecular weight excluding hydrogens is 264 g/mol. The average molecular weight is 303 g/mol. The van der Waals surface area contributed by atoms with Crippen molar-refractivity contribution in [1.82, 2.24) is 0 Å². The molecule has 0 heterocycles. The molecule has 0 aromatic rings. The van der Waals surface area contributed by atoms with Crippen LogP contribution in [0.3, 0.4) is 0 Å². The minimum absolute atomic E-state index is 0.726. The van der Waals surface area contributed by atoms with Crippen molar-refractivity contribution in [3.05, 3.63) is 0 Å². The third kappa shape index (κ3) is 2.22. The van der Waals surface area contributed by atoms with Crippen LogP contribution in [0, 0.1) is 46.8 Å². The lowest BCUT2D eigenvalue weighted by atomic mass is 9.49. The minimum atomic E-state index is 0.726. The van der Waals surface area contributed by atoms with Crippen molar-refractivity contribution in [2.24, 2.45) is 46.8 Å². The molecule has 0 aliphatic heterocycles. The number of rotatable bonds is 2. The Bertz CT molecular complexity index is 399. The van der Waals surface area contributed by atoms with Gasteiger partial charge in [-0.15, -0.1) is 0 Å². The molecule has 126 valence electrons. The Balaban J connectivity index is 1.52. The van der Waals surface area contributed by atoms with E-state index in [1.165, 1.54) is 12.8 Å². The van der Waals surface area contributed by atoms with Gasteiger partial charge in [-0.2, -0.15) is 0 Å². The summed E-state index contributed by atoms with van der Waals surface area (Å²) in [6.07, 6.45) is 17.1. The highest BCUT2D eigenvalue weighted by Crippen LogP contribution is 2.64. The van der Waals surface area contributed by atoms with Crippen molar-refractivity contribution in [3.8, 4) is 0 Å². The van der Waals surface area contributed by atoms with Crippen LogP contribution in [0.1, 0.15) is 91.4 Å². The first-order chi connectivity index (χ1) is 10.7. The Hall–Kier alpha value is 0. The average Bonchev–Trinajstić information content (AvgIpc) is 2.90. The number of hydrogen-bond donors (Lipinski definition) is 0. The van der Waals surface area contributed by atoms with Gasteiger partial charge in [0.05, 0.1) is 0 Å². The Morgan fingerprint density at radius 1 is 0.773 bits per heavy atom. The number of hydrogen-bond acceptors (Lipinski definition) is 0. The summed E-state index contributed by atoms with van der Waals surface area (Å²) in [5.74, 6) is 7.72. The van der Waals surface area contributed by atoms with E-state index < -0.39 is 0 Å². The van der Waals surface area contributed by atoms with Crippen LogP contribution in [0.2, 0.25) is 0 Å². The molecule has 4 saturated carbocycles. The molecule has 4 rings (SSSR count). The molecule has 0 radical (unpaired) electrons. The van der Waals surface area contributed by atoms with E-state index in [-0.39, 0.29) is 0 Å². The van der Waals surface area contributed by atoms with Gasteiger partial charge in [0.25, 0.3) is 0 Å². The van der Waals surface area contributed by atoms with Gasteiger partial charge in [-0.3, -0.25) is 0 Å². The SMILES string of the molecule is CCC1CCC2C(CCC3C2CCC2(C)C(CC)CCC32)C1. The predicted octanol–water partition coefficient (Wildman–Crippen LogP) is 6.69. The van der Waals surface area contributed by atoms with Crippen LogP contribution < -0.4 is 0 Å². The van der Waals surface area contributed by atoms with Gasteiger partial charge in [0.1, 0.15) is 0 Å². The lowest BCUT2D eigenvalue weighted by molar-refractivity contribution is -0.0684. The molecule has 0 saturated heterocycles. The Kier molecular flexibility index (Phi) is 4.10. The largest absolute Gasteiger partial charge is 0.0651 e. The molecule has 4 fully saturated rings. The molecule has 0 bridgehead atoms. The molecule has 8 atom stereocenters. The van der Waals surface area contributed by atoms with Gasteiger partial charge in [0.2, 0.25) is 0 Å². The predicted molar refractivity (Wildman–Crippen MR) is 94.7 cm³/mol. The zero-order valence-electron chi connectivity index (χ0n) is 15.3. The van der Waals surface area contributed by atoms with E-state index in [1.54, 1.807) is 57.8 Å². The molecule has 0 heteroatoms. The topological polar surface area (TPSA) is 0 Å². The summed E-state index contributed by atoms with van der Waals surface area (Å²) in [6.45, 7) is 7.56. The molecular formula is C22H38. The second-order valence-corrected chi connectivity index (χ2v) is 9.75. The van der Waals surface area contributed by atoms with Crippen molar-refractivity contribution in [2.75, 3.05) is 0 Å². The normalized spacial score (nSPS) is 54.4. The van der Waals surface area contributed by atoms with Crippen LogP contribution in [-0.4, -0.2) is 0 Å². The van der Waals surface area contributed by atoms with E-state index in [2.05, 4.69) is 20.8 Å². The van der Waals surface area contributed by atoms with E-state index in [0.717, 1.165) is 46.8 Å². The van der Waals surface area contributed by atoms with Gasteiger partial charge in [-0.25, -0.2) is 0 Å². The highest BCUT2D eigenvalue weighted by molar-refractivity contribution is 5.05. The van der Waals surface area contributed by atoms with Crippen molar-refractivity contribution in [2.45, 2.75) is 91.4 Å². The van der Waals surface area contributed by atoms with Crippen molar-refractivity contribution in [3.63, 3.8) is 0 Å². The maximum atomic E-state index is 2.69. The van der Waals surface area contributed by atoms with E-state index in [0.29, 0.717) is 0 Å². The minimum Gasteiger partial charge on any atom is -0.0651 e. The van der Waals surface area contributed by atoms with Crippen molar-refractivity contribution in [1.29, 1.82) is 0 Å². The first-order valence-electron chi connectivity index (χ1n) is 10.7. The molecule has 4 aliphatic rings. The van der Waals surface area contributed by atoms with Gasteiger partial charge < -0.3 is 0 Å². The first-order valence-corrected chi connectivity index (χ1v) is 10.7. The fraction of sp³-hybridized carbons (Fsp3) is 1.00. The quantitative estimate of drug-likeness (QED) is 0.533. The molecule has 0 aromatic carbocycles. The van der Waals surface area contributed by atoms with E-state index in [9.17, 15) is 0 Å². The first kappa shape index (κ1) is 15.5. The molecule has 0 amide bonds. The molecule has 8 unspecified atom stereocenters. The summed E-state index contributed by atoms with van der Waals surface area (Å²) >= 11 is 0. The second kappa shape index (κ2) is 5.82. The summed E-state index contributed by atoms with van der Waals surface area (Å²) in [5.41, 5.74) is 0.726. The molecule has 0 nitrogen and oxygen atoms in total. The van der Waals surface area contributed by atoms with E-state index >= 15 is 0 Å². The highest BCUT2D eigenvalue weighted by atomic mass is 14.6. The fourth-order valence-electron chi connectivity index (χ4n) is 8.10. The Morgan fingerprint density at radius 2 is 1.59 bits per heavy atom. The van der Waals surface area contributed by atoms with E-state index in [4.69, 9.17) is 0 Å². The summed E-state index contributed by atoms with van der Waals surface area (Å²) in [5, 5.41) is 0. The van der Waals surface area contributed by atoms with Crippen LogP contribution in [-0.2, 0) is 0 Å². The summed E-state index contributed by atoms with van der Waals surface area (Å²) in [7, 11) is 0. The molecule has 0 aromatic heterocycles. The number of fused-ring (bicyclic) bond motifs is 5. The standard InChI is InChI=1S/C22H38/c1-4-15-6-9-18-16(14-15)7-10-20-19(18)12-13-22(3)17(5-2)8-11-21(20)22/h15-21H,4-14H2,1-3H3. The van der Waals surface area contributed by atoms with Crippen LogP contribution in [0.4, 0.5) is 0 Å². The summed E-state index contributed by atoms with van der Waals surface area (Å²) in [6, 6.07) is 0. The van der Waals surface area contributed by atoms with E-state index in [1.807, 2.05) is 0 Å². The zero-order chi connectivity index (χ0) is 15.3. The zero-order valence-corrected chi connectivity index (χ0v) is 15.3. The Morgan fingerprint density at radius 3 is 2.36 bits per heavy atom. The maximum Gasteiger partial charge on any atom is -0.0266 e. The van der Waals surface area contributed by atoms with Gasteiger partial charge in [0.15, 0.2) is 0 Å². The second-order valence-electron chi connectivity index (χ2n) is 9.75. The molecule has 0 spiro atoms. The molecule has 0 N–H and O–H groups in total. The lowest BCUT2D eigenvalue weighted by Crippen LogP contribution is -2.48. The van der Waals surface area contributed by atoms with Gasteiger partial charge in [-0.1, -0.05) is 40.0 Å². The fourth-order valence-corrected chi connectivity index (χ4v) is 8.10. The lowest BCUT2D eigenvalue weighted by Gasteiger charge is -2.56. The van der Waals surface area contributed by atoms with Crippen LogP contribution >= 0.6 is 0 Å². The molecule has 4 aliphatic carbocycles. The monoisotopic (exact) mass is 302 g/mol. The Labute approximate surface area is 138 Å².